The topological polar surface area (TPSA) is 64.3 Å². The molecule has 0 spiro atoms. The maximum absolute atomic E-state index is 11.3. The fourth-order valence-electron chi connectivity index (χ4n) is 0.840. The lowest BCUT2D eigenvalue weighted by Gasteiger charge is -2.24. The number of ether oxygens (including phenoxy) is 1. The molecule has 0 heterocycles. The van der Waals surface area contributed by atoms with Crippen molar-refractivity contribution in [3.05, 3.63) is 0 Å². The molecule has 0 bridgehead atoms. The van der Waals surface area contributed by atoms with Crippen LogP contribution in [0.2, 0.25) is 0 Å². The molecule has 14 heavy (non-hydrogen) atoms. The second-order valence-electron chi connectivity index (χ2n) is 4.56. The minimum atomic E-state index is -0.473. The van der Waals surface area contributed by atoms with Gasteiger partial charge in [0.2, 0.25) is 0 Å². The summed E-state index contributed by atoms with van der Waals surface area (Å²) in [4.78, 5) is 11.3. The predicted molar refractivity (Wildman–Crippen MR) is 56.8 cm³/mol. The molecule has 4 heteroatoms. The van der Waals surface area contributed by atoms with Gasteiger partial charge in [-0.25, -0.2) is 4.79 Å². The Hall–Kier alpha value is -0.770. The van der Waals surface area contributed by atoms with Gasteiger partial charge in [0.05, 0.1) is 6.17 Å². The molecule has 0 aromatic rings. The van der Waals surface area contributed by atoms with Crippen LogP contribution in [0, 0.1) is 5.92 Å². The molecule has 0 saturated carbocycles. The van der Waals surface area contributed by atoms with Gasteiger partial charge in [-0.05, 0) is 26.7 Å². The monoisotopic (exact) mass is 202 g/mol. The van der Waals surface area contributed by atoms with Crippen LogP contribution in [0.4, 0.5) is 4.79 Å². The van der Waals surface area contributed by atoms with E-state index < -0.39 is 11.7 Å². The van der Waals surface area contributed by atoms with Gasteiger partial charge in [-0.1, -0.05) is 20.3 Å². The predicted octanol–water partition coefficient (Wildman–Crippen LogP) is 1.84. The van der Waals surface area contributed by atoms with Crippen molar-refractivity contribution in [2.45, 2.75) is 52.8 Å². The number of amides is 1. The van der Waals surface area contributed by atoms with Crippen molar-refractivity contribution in [3.8, 4) is 0 Å². The SMILES string of the molecule is CCC(C)C(N)NC(=O)OC(C)(C)C. The van der Waals surface area contributed by atoms with E-state index in [-0.39, 0.29) is 12.1 Å². The first kappa shape index (κ1) is 13.2. The van der Waals surface area contributed by atoms with E-state index in [2.05, 4.69) is 5.32 Å². The molecule has 0 aromatic heterocycles. The highest BCUT2D eigenvalue weighted by Gasteiger charge is 2.19. The minimum absolute atomic E-state index is 0.252. The maximum atomic E-state index is 11.3. The standard InChI is InChI=1S/C10H22N2O2/c1-6-7(2)8(11)12-9(13)14-10(3,4)5/h7-8H,6,11H2,1-5H3,(H,12,13). The van der Waals surface area contributed by atoms with Crippen LogP contribution in [0.3, 0.4) is 0 Å². The van der Waals surface area contributed by atoms with E-state index >= 15 is 0 Å². The zero-order valence-electron chi connectivity index (χ0n) is 9.76. The van der Waals surface area contributed by atoms with Gasteiger partial charge in [-0.2, -0.15) is 0 Å². The Bertz CT molecular complexity index is 187. The van der Waals surface area contributed by atoms with E-state index in [1.165, 1.54) is 0 Å². The van der Waals surface area contributed by atoms with E-state index in [9.17, 15) is 4.79 Å². The van der Waals surface area contributed by atoms with Crippen LogP contribution in [0.15, 0.2) is 0 Å². The number of nitrogens with one attached hydrogen (secondary N) is 1. The molecule has 2 unspecified atom stereocenters. The van der Waals surface area contributed by atoms with Gasteiger partial charge < -0.3 is 15.8 Å². The summed E-state index contributed by atoms with van der Waals surface area (Å²) in [5.74, 6) is 0.252. The minimum Gasteiger partial charge on any atom is -0.444 e. The molecule has 0 radical (unpaired) electrons. The molecule has 0 aliphatic carbocycles. The van der Waals surface area contributed by atoms with Crippen LogP contribution in [0.5, 0.6) is 0 Å². The summed E-state index contributed by atoms with van der Waals surface area (Å²) in [6.45, 7) is 9.48. The first-order valence-corrected chi connectivity index (χ1v) is 5.01. The van der Waals surface area contributed by atoms with Crippen molar-refractivity contribution >= 4 is 6.09 Å². The fraction of sp³-hybridized carbons (Fsp3) is 0.900. The number of hydrogen-bond acceptors (Lipinski definition) is 3. The molecule has 0 saturated heterocycles. The van der Waals surface area contributed by atoms with Gasteiger partial charge in [0.25, 0.3) is 0 Å². The lowest BCUT2D eigenvalue weighted by molar-refractivity contribution is 0.0489. The normalized spacial score (nSPS) is 15.9. The van der Waals surface area contributed by atoms with Gasteiger partial charge in [0.15, 0.2) is 0 Å². The quantitative estimate of drug-likeness (QED) is 0.686. The Labute approximate surface area is 86.2 Å². The zero-order chi connectivity index (χ0) is 11.4. The molecule has 3 N–H and O–H groups in total. The fourth-order valence-corrected chi connectivity index (χ4v) is 0.840. The largest absolute Gasteiger partial charge is 0.444 e. The van der Waals surface area contributed by atoms with Crippen molar-refractivity contribution in [1.29, 1.82) is 0 Å². The van der Waals surface area contributed by atoms with Crippen molar-refractivity contribution in [2.75, 3.05) is 0 Å². The van der Waals surface area contributed by atoms with Crippen LogP contribution in [0.1, 0.15) is 41.0 Å². The van der Waals surface area contributed by atoms with E-state index in [1.807, 2.05) is 34.6 Å². The van der Waals surface area contributed by atoms with Gasteiger partial charge in [-0.3, -0.25) is 0 Å². The van der Waals surface area contributed by atoms with E-state index in [1.54, 1.807) is 0 Å². The molecule has 0 fully saturated rings. The summed E-state index contributed by atoms with van der Waals surface area (Å²) in [7, 11) is 0. The van der Waals surface area contributed by atoms with Crippen LogP contribution >= 0.6 is 0 Å². The Balaban J connectivity index is 3.95. The number of carbonyl (C=O) groups is 1. The Morgan fingerprint density at radius 1 is 1.50 bits per heavy atom. The third kappa shape index (κ3) is 5.80. The molecule has 0 aliphatic heterocycles. The van der Waals surface area contributed by atoms with E-state index in [4.69, 9.17) is 10.5 Å². The molecule has 0 aromatic carbocycles. The summed E-state index contributed by atoms with van der Waals surface area (Å²) in [5, 5.41) is 2.60. The van der Waals surface area contributed by atoms with E-state index in [0.29, 0.717) is 0 Å². The van der Waals surface area contributed by atoms with Crippen LogP contribution < -0.4 is 11.1 Å². The summed E-state index contributed by atoms with van der Waals surface area (Å²) < 4.78 is 5.07. The molecule has 0 aliphatic rings. The van der Waals surface area contributed by atoms with E-state index in [0.717, 1.165) is 6.42 Å². The highest BCUT2D eigenvalue weighted by molar-refractivity contribution is 5.68. The van der Waals surface area contributed by atoms with Gasteiger partial charge in [0.1, 0.15) is 5.60 Å². The van der Waals surface area contributed by atoms with Gasteiger partial charge >= 0.3 is 6.09 Å². The van der Waals surface area contributed by atoms with Crippen molar-refractivity contribution in [1.82, 2.24) is 5.32 Å². The molecular formula is C10H22N2O2. The lowest BCUT2D eigenvalue weighted by atomic mass is 10.1. The zero-order valence-corrected chi connectivity index (χ0v) is 9.76. The molecule has 84 valence electrons. The summed E-state index contributed by atoms with van der Waals surface area (Å²) in [6, 6.07) is 0. The number of alkyl carbamates (subject to hydrolysis) is 1. The van der Waals surface area contributed by atoms with Crippen LogP contribution in [0.25, 0.3) is 0 Å². The second-order valence-corrected chi connectivity index (χ2v) is 4.56. The number of hydrogen-bond donors (Lipinski definition) is 2. The van der Waals surface area contributed by atoms with Crippen molar-refractivity contribution < 1.29 is 9.53 Å². The summed E-state index contributed by atoms with van der Waals surface area (Å²) in [6.07, 6.45) is 0.136. The summed E-state index contributed by atoms with van der Waals surface area (Å²) >= 11 is 0. The van der Waals surface area contributed by atoms with Crippen LogP contribution in [-0.4, -0.2) is 17.9 Å². The number of carbonyl (C=O) groups excluding carboxylic acids is 1. The Morgan fingerprint density at radius 2 is 2.00 bits per heavy atom. The number of rotatable bonds is 3. The molecule has 4 nitrogen and oxygen atoms in total. The van der Waals surface area contributed by atoms with Crippen LogP contribution in [-0.2, 0) is 4.74 Å². The average Bonchev–Trinajstić information content (AvgIpc) is 1.99. The first-order chi connectivity index (χ1) is 6.26. The third-order valence-electron chi connectivity index (χ3n) is 1.94. The molecule has 0 rings (SSSR count). The van der Waals surface area contributed by atoms with Crippen molar-refractivity contribution in [3.63, 3.8) is 0 Å². The maximum Gasteiger partial charge on any atom is 0.408 e. The highest BCUT2D eigenvalue weighted by atomic mass is 16.6. The smallest absolute Gasteiger partial charge is 0.408 e. The molecule has 1 amide bonds. The molecular weight excluding hydrogens is 180 g/mol. The van der Waals surface area contributed by atoms with Gasteiger partial charge in [0, 0.05) is 0 Å². The highest BCUT2D eigenvalue weighted by Crippen LogP contribution is 2.08. The number of nitrogens with two attached hydrogens (primary N) is 1. The third-order valence-corrected chi connectivity index (χ3v) is 1.94. The van der Waals surface area contributed by atoms with Gasteiger partial charge in [-0.15, -0.1) is 0 Å². The van der Waals surface area contributed by atoms with Crippen molar-refractivity contribution in [2.24, 2.45) is 11.7 Å². The lowest BCUT2D eigenvalue weighted by Crippen LogP contribution is -2.47. The molecule has 2 atom stereocenters. The first-order valence-electron chi connectivity index (χ1n) is 5.01. The second kappa shape index (κ2) is 5.20. The summed E-state index contributed by atoms with van der Waals surface area (Å²) in [5.41, 5.74) is 5.26. The Morgan fingerprint density at radius 3 is 2.36 bits per heavy atom. The average molecular weight is 202 g/mol. The Kier molecular flexibility index (Phi) is 4.91.